The van der Waals surface area contributed by atoms with Crippen LogP contribution in [-0.4, -0.2) is 18.7 Å². The molecule has 3 nitrogen and oxygen atoms in total. The first kappa shape index (κ1) is 14.4. The Morgan fingerprint density at radius 1 is 1.16 bits per heavy atom. The average molecular weight is 262 g/mol. The Hall–Kier alpha value is -1.06. The Morgan fingerprint density at radius 3 is 2.42 bits per heavy atom. The van der Waals surface area contributed by atoms with E-state index in [2.05, 4.69) is 18.2 Å². The fourth-order valence-corrected chi connectivity index (χ4v) is 2.27. The van der Waals surface area contributed by atoms with E-state index < -0.39 is 0 Å². The number of nitrogens with two attached hydrogens (primary N) is 2. The summed E-state index contributed by atoms with van der Waals surface area (Å²) in [6, 6.07) is 6.73. The maximum atomic E-state index is 5.94. The number of benzene rings is 1. The highest BCUT2D eigenvalue weighted by atomic mass is 16.5. The second-order valence-corrected chi connectivity index (χ2v) is 6.06. The first-order chi connectivity index (χ1) is 9.04. The first-order valence-electron chi connectivity index (χ1n) is 7.30. The molecular weight excluding hydrogens is 236 g/mol. The SMILES string of the molecule is CC(N)Cc1ccc(OCC2CC2)c(CC(C)N)c1. The monoisotopic (exact) mass is 262 g/mol. The van der Waals surface area contributed by atoms with Crippen molar-refractivity contribution in [2.45, 2.75) is 51.6 Å². The fraction of sp³-hybridized carbons (Fsp3) is 0.625. The molecule has 19 heavy (non-hydrogen) atoms. The Labute approximate surface area is 116 Å². The summed E-state index contributed by atoms with van der Waals surface area (Å²) in [6.07, 6.45) is 4.37. The standard InChI is InChI=1S/C16H26N2O/c1-11(17)7-14-5-6-16(19-10-13-3-4-13)15(9-14)8-12(2)18/h5-6,9,11-13H,3-4,7-8,10,17-18H2,1-2H3. The lowest BCUT2D eigenvalue weighted by atomic mass is 10.00. The lowest BCUT2D eigenvalue weighted by Crippen LogP contribution is -2.20. The maximum Gasteiger partial charge on any atom is 0.122 e. The molecule has 0 spiro atoms. The summed E-state index contributed by atoms with van der Waals surface area (Å²) in [5, 5.41) is 0. The van der Waals surface area contributed by atoms with Gasteiger partial charge < -0.3 is 16.2 Å². The third-order valence-electron chi connectivity index (χ3n) is 3.40. The van der Waals surface area contributed by atoms with Crippen LogP contribution in [0.3, 0.4) is 0 Å². The molecule has 0 aliphatic heterocycles. The normalized spacial score (nSPS) is 18.1. The van der Waals surface area contributed by atoms with Gasteiger partial charge in [-0.05, 0) is 62.6 Å². The third kappa shape index (κ3) is 4.84. The highest BCUT2D eigenvalue weighted by molar-refractivity contribution is 5.38. The van der Waals surface area contributed by atoms with E-state index in [1.807, 2.05) is 13.8 Å². The molecule has 1 aliphatic rings. The molecule has 4 N–H and O–H groups in total. The Kier molecular flexibility index (Phi) is 4.83. The second-order valence-electron chi connectivity index (χ2n) is 6.06. The predicted octanol–water partition coefficient (Wildman–Crippen LogP) is 2.25. The quantitative estimate of drug-likeness (QED) is 0.792. The molecule has 1 aliphatic carbocycles. The van der Waals surface area contributed by atoms with Gasteiger partial charge in [-0.1, -0.05) is 12.1 Å². The minimum atomic E-state index is 0.147. The molecule has 106 valence electrons. The molecule has 0 radical (unpaired) electrons. The first-order valence-corrected chi connectivity index (χ1v) is 7.30. The largest absolute Gasteiger partial charge is 0.493 e. The van der Waals surface area contributed by atoms with E-state index in [0.717, 1.165) is 31.1 Å². The lowest BCUT2D eigenvalue weighted by molar-refractivity contribution is 0.296. The molecule has 3 heteroatoms. The van der Waals surface area contributed by atoms with Gasteiger partial charge in [-0.15, -0.1) is 0 Å². The molecule has 0 bridgehead atoms. The van der Waals surface area contributed by atoms with E-state index >= 15 is 0 Å². The summed E-state index contributed by atoms with van der Waals surface area (Å²) in [4.78, 5) is 0. The zero-order valence-electron chi connectivity index (χ0n) is 12.1. The average Bonchev–Trinajstić information content (AvgIpc) is 3.10. The van der Waals surface area contributed by atoms with Gasteiger partial charge in [0.25, 0.3) is 0 Å². The van der Waals surface area contributed by atoms with E-state index in [4.69, 9.17) is 16.2 Å². The van der Waals surface area contributed by atoms with Crippen LogP contribution in [-0.2, 0) is 12.8 Å². The van der Waals surface area contributed by atoms with E-state index in [0.29, 0.717) is 0 Å². The Bertz CT molecular complexity index is 411. The molecular formula is C16H26N2O. The minimum absolute atomic E-state index is 0.147. The Balaban J connectivity index is 2.09. The van der Waals surface area contributed by atoms with Crippen molar-refractivity contribution in [3.8, 4) is 5.75 Å². The van der Waals surface area contributed by atoms with Crippen molar-refractivity contribution in [3.63, 3.8) is 0 Å². The van der Waals surface area contributed by atoms with E-state index in [-0.39, 0.29) is 12.1 Å². The van der Waals surface area contributed by atoms with Crippen LogP contribution in [0.2, 0.25) is 0 Å². The van der Waals surface area contributed by atoms with Crippen LogP contribution in [0.1, 0.15) is 37.8 Å². The number of hydrogen-bond acceptors (Lipinski definition) is 3. The van der Waals surface area contributed by atoms with Crippen LogP contribution >= 0.6 is 0 Å². The topological polar surface area (TPSA) is 61.3 Å². The second kappa shape index (κ2) is 6.40. The smallest absolute Gasteiger partial charge is 0.122 e. The van der Waals surface area contributed by atoms with Gasteiger partial charge >= 0.3 is 0 Å². The summed E-state index contributed by atoms with van der Waals surface area (Å²) in [6.45, 7) is 4.91. The van der Waals surface area contributed by atoms with Gasteiger partial charge in [-0.2, -0.15) is 0 Å². The third-order valence-corrected chi connectivity index (χ3v) is 3.40. The van der Waals surface area contributed by atoms with Gasteiger partial charge in [0.05, 0.1) is 6.61 Å². The van der Waals surface area contributed by atoms with Crippen molar-refractivity contribution in [2.24, 2.45) is 17.4 Å². The minimum Gasteiger partial charge on any atom is -0.493 e. The van der Waals surface area contributed by atoms with E-state index in [9.17, 15) is 0 Å². The van der Waals surface area contributed by atoms with Crippen molar-refractivity contribution < 1.29 is 4.74 Å². The highest BCUT2D eigenvalue weighted by Gasteiger charge is 2.22. The summed E-state index contributed by atoms with van der Waals surface area (Å²) in [7, 11) is 0. The fourth-order valence-electron chi connectivity index (χ4n) is 2.27. The van der Waals surface area contributed by atoms with Crippen molar-refractivity contribution in [2.75, 3.05) is 6.61 Å². The van der Waals surface area contributed by atoms with Crippen LogP contribution in [0.4, 0.5) is 0 Å². The van der Waals surface area contributed by atoms with Crippen LogP contribution in [0.15, 0.2) is 18.2 Å². The molecule has 1 saturated carbocycles. The summed E-state index contributed by atoms with van der Waals surface area (Å²) in [5.74, 6) is 1.77. The van der Waals surface area contributed by atoms with Crippen molar-refractivity contribution in [1.29, 1.82) is 0 Å². The molecule has 2 unspecified atom stereocenters. The lowest BCUT2D eigenvalue weighted by Gasteiger charge is -2.15. The predicted molar refractivity (Wildman–Crippen MR) is 79.4 cm³/mol. The molecule has 2 atom stereocenters. The number of rotatable bonds is 7. The maximum absolute atomic E-state index is 5.94. The summed E-state index contributed by atoms with van der Waals surface area (Å²) < 4.78 is 5.94. The summed E-state index contributed by atoms with van der Waals surface area (Å²) in [5.41, 5.74) is 14.3. The van der Waals surface area contributed by atoms with Crippen LogP contribution in [0.25, 0.3) is 0 Å². The zero-order chi connectivity index (χ0) is 13.8. The number of hydrogen-bond donors (Lipinski definition) is 2. The molecule has 0 saturated heterocycles. The molecule has 2 rings (SSSR count). The van der Waals surface area contributed by atoms with Gasteiger partial charge in [0.2, 0.25) is 0 Å². The van der Waals surface area contributed by atoms with Crippen LogP contribution in [0.5, 0.6) is 5.75 Å². The number of ether oxygens (including phenoxy) is 1. The van der Waals surface area contributed by atoms with Gasteiger partial charge in [-0.25, -0.2) is 0 Å². The van der Waals surface area contributed by atoms with Crippen molar-refractivity contribution in [3.05, 3.63) is 29.3 Å². The zero-order valence-corrected chi connectivity index (χ0v) is 12.1. The van der Waals surface area contributed by atoms with E-state index in [1.165, 1.54) is 24.0 Å². The molecule has 0 amide bonds. The van der Waals surface area contributed by atoms with Gasteiger partial charge in [0.15, 0.2) is 0 Å². The summed E-state index contributed by atoms with van der Waals surface area (Å²) >= 11 is 0. The molecule has 0 heterocycles. The van der Waals surface area contributed by atoms with Gasteiger partial charge in [-0.3, -0.25) is 0 Å². The van der Waals surface area contributed by atoms with Crippen molar-refractivity contribution >= 4 is 0 Å². The van der Waals surface area contributed by atoms with Crippen LogP contribution in [0, 0.1) is 5.92 Å². The molecule has 1 fully saturated rings. The molecule has 1 aromatic rings. The molecule has 0 aromatic heterocycles. The van der Waals surface area contributed by atoms with Crippen molar-refractivity contribution in [1.82, 2.24) is 0 Å². The Morgan fingerprint density at radius 2 is 1.84 bits per heavy atom. The van der Waals surface area contributed by atoms with Crippen LogP contribution < -0.4 is 16.2 Å². The van der Waals surface area contributed by atoms with Gasteiger partial charge in [0, 0.05) is 12.1 Å². The van der Waals surface area contributed by atoms with E-state index in [1.54, 1.807) is 0 Å². The highest BCUT2D eigenvalue weighted by Crippen LogP contribution is 2.31. The van der Waals surface area contributed by atoms with Gasteiger partial charge in [0.1, 0.15) is 5.75 Å². The molecule has 1 aromatic carbocycles.